The van der Waals surface area contributed by atoms with E-state index >= 15 is 0 Å². The van der Waals surface area contributed by atoms with Crippen molar-refractivity contribution in [1.82, 2.24) is 4.98 Å². The Balaban J connectivity index is 1.89. The Kier molecular flexibility index (Phi) is 3.08. The van der Waals surface area contributed by atoms with Crippen molar-refractivity contribution in [2.24, 2.45) is 0 Å². The van der Waals surface area contributed by atoms with Gasteiger partial charge in [-0.05, 0) is 36.4 Å². The van der Waals surface area contributed by atoms with E-state index < -0.39 is 0 Å². The Morgan fingerprint density at radius 2 is 1.90 bits per heavy atom. The van der Waals surface area contributed by atoms with Crippen molar-refractivity contribution >= 4 is 34.1 Å². The summed E-state index contributed by atoms with van der Waals surface area (Å²) in [5.74, 6) is -0.108. The number of rotatable bonds is 2. The van der Waals surface area contributed by atoms with Crippen LogP contribution in [-0.2, 0) is 0 Å². The number of phenolic OH excluding ortho intramolecular Hbond substituents is 1. The Hall–Kier alpha value is -2.46. The van der Waals surface area contributed by atoms with E-state index in [4.69, 9.17) is 11.6 Å². The number of halogens is 1. The van der Waals surface area contributed by atoms with Gasteiger partial charge in [0.2, 0.25) is 0 Å². The first-order valence-corrected chi connectivity index (χ1v) is 6.39. The summed E-state index contributed by atoms with van der Waals surface area (Å²) >= 11 is 6.06. The fourth-order valence-corrected chi connectivity index (χ4v) is 2.21. The summed E-state index contributed by atoms with van der Waals surface area (Å²) in [4.78, 5) is 15.1. The lowest BCUT2D eigenvalue weighted by molar-refractivity contribution is 0.102. The van der Waals surface area contributed by atoms with Crippen LogP contribution >= 0.6 is 11.6 Å². The van der Waals surface area contributed by atoms with Gasteiger partial charge in [0, 0.05) is 11.1 Å². The fourth-order valence-electron chi connectivity index (χ4n) is 1.98. The number of aromatic hydroxyl groups is 1. The lowest BCUT2D eigenvalue weighted by atomic mass is 10.2. The van der Waals surface area contributed by atoms with Crippen molar-refractivity contribution in [3.05, 3.63) is 59.2 Å². The number of amides is 1. The molecule has 0 spiro atoms. The molecule has 100 valence electrons. The second kappa shape index (κ2) is 4.90. The van der Waals surface area contributed by atoms with Gasteiger partial charge in [-0.15, -0.1) is 0 Å². The lowest BCUT2D eigenvalue weighted by Crippen LogP contribution is -2.11. The van der Waals surface area contributed by atoms with Crippen LogP contribution < -0.4 is 5.32 Å². The van der Waals surface area contributed by atoms with Crippen LogP contribution in [-0.4, -0.2) is 16.0 Å². The highest BCUT2D eigenvalue weighted by atomic mass is 35.5. The maximum atomic E-state index is 12.1. The average Bonchev–Trinajstić information content (AvgIpc) is 2.87. The zero-order valence-corrected chi connectivity index (χ0v) is 11.1. The highest BCUT2D eigenvalue weighted by Gasteiger charge is 2.11. The molecule has 0 saturated heterocycles. The number of nitrogens with one attached hydrogen (secondary N) is 2. The number of H-pyrrole nitrogens is 1. The SMILES string of the molecule is O=C(Nc1ccc(O)cc1)c1cc2cccc(Cl)c2[nH]1. The number of fused-ring (bicyclic) bond motifs is 1. The Morgan fingerprint density at radius 1 is 1.15 bits per heavy atom. The van der Waals surface area contributed by atoms with Gasteiger partial charge in [-0.2, -0.15) is 0 Å². The molecule has 1 amide bonds. The quantitative estimate of drug-likeness (QED) is 0.628. The lowest BCUT2D eigenvalue weighted by Gasteiger charge is -2.03. The monoisotopic (exact) mass is 286 g/mol. The molecule has 0 atom stereocenters. The van der Waals surface area contributed by atoms with Crippen LogP contribution in [0.5, 0.6) is 5.75 Å². The van der Waals surface area contributed by atoms with Crippen LogP contribution in [0.1, 0.15) is 10.5 Å². The van der Waals surface area contributed by atoms with Gasteiger partial charge in [0.25, 0.3) is 5.91 Å². The molecular formula is C15H11ClN2O2. The summed E-state index contributed by atoms with van der Waals surface area (Å²) in [5.41, 5.74) is 1.78. The molecule has 1 heterocycles. The number of carbonyl (C=O) groups is 1. The fraction of sp³-hybridized carbons (Fsp3) is 0. The van der Waals surface area contributed by atoms with Gasteiger partial charge in [0.15, 0.2) is 0 Å². The molecule has 20 heavy (non-hydrogen) atoms. The standard InChI is InChI=1S/C15H11ClN2O2/c16-12-3-1-2-9-8-13(18-14(9)12)15(20)17-10-4-6-11(19)7-5-10/h1-8,18-19H,(H,17,20). The highest BCUT2D eigenvalue weighted by molar-refractivity contribution is 6.35. The van der Waals surface area contributed by atoms with Crippen molar-refractivity contribution in [3.8, 4) is 5.75 Å². The zero-order valence-electron chi connectivity index (χ0n) is 10.4. The molecular weight excluding hydrogens is 276 g/mol. The number of para-hydroxylation sites is 1. The molecule has 3 rings (SSSR count). The van der Waals surface area contributed by atoms with Gasteiger partial charge in [-0.3, -0.25) is 4.79 Å². The molecule has 0 unspecified atom stereocenters. The van der Waals surface area contributed by atoms with E-state index in [1.54, 1.807) is 24.3 Å². The first kappa shape index (κ1) is 12.6. The minimum absolute atomic E-state index is 0.153. The van der Waals surface area contributed by atoms with Crippen LogP contribution in [0.15, 0.2) is 48.5 Å². The van der Waals surface area contributed by atoms with Gasteiger partial charge in [0.05, 0.1) is 10.5 Å². The van der Waals surface area contributed by atoms with Crippen LogP contribution in [0.3, 0.4) is 0 Å². The number of carbonyl (C=O) groups excluding carboxylic acids is 1. The zero-order chi connectivity index (χ0) is 14.1. The van der Waals surface area contributed by atoms with Gasteiger partial charge >= 0.3 is 0 Å². The third kappa shape index (κ3) is 2.33. The molecule has 0 aliphatic carbocycles. The minimum Gasteiger partial charge on any atom is -0.508 e. The maximum absolute atomic E-state index is 12.1. The summed E-state index contributed by atoms with van der Waals surface area (Å²) in [5, 5.41) is 13.4. The van der Waals surface area contributed by atoms with Crippen LogP contribution in [0, 0.1) is 0 Å². The number of anilines is 1. The van der Waals surface area contributed by atoms with Gasteiger partial charge < -0.3 is 15.4 Å². The highest BCUT2D eigenvalue weighted by Crippen LogP contribution is 2.24. The topological polar surface area (TPSA) is 65.1 Å². The van der Waals surface area contributed by atoms with Gasteiger partial charge in [-0.25, -0.2) is 0 Å². The average molecular weight is 287 g/mol. The van der Waals surface area contributed by atoms with Gasteiger partial charge in [-0.1, -0.05) is 23.7 Å². The number of aromatic nitrogens is 1. The number of hydrogen-bond acceptors (Lipinski definition) is 2. The number of benzene rings is 2. The van der Waals surface area contributed by atoms with Crippen molar-refractivity contribution < 1.29 is 9.90 Å². The molecule has 0 bridgehead atoms. The summed E-state index contributed by atoms with van der Waals surface area (Å²) in [6.07, 6.45) is 0. The smallest absolute Gasteiger partial charge is 0.272 e. The molecule has 0 fully saturated rings. The summed E-state index contributed by atoms with van der Waals surface area (Å²) in [6, 6.07) is 13.5. The predicted molar refractivity (Wildman–Crippen MR) is 79.4 cm³/mol. The van der Waals surface area contributed by atoms with E-state index in [0.717, 1.165) is 10.9 Å². The number of phenols is 1. The van der Waals surface area contributed by atoms with E-state index in [1.807, 2.05) is 12.1 Å². The van der Waals surface area contributed by atoms with Crippen molar-refractivity contribution in [3.63, 3.8) is 0 Å². The molecule has 3 N–H and O–H groups in total. The molecule has 2 aromatic carbocycles. The second-order valence-corrected chi connectivity index (χ2v) is 4.80. The predicted octanol–water partition coefficient (Wildman–Crippen LogP) is 3.78. The molecule has 3 aromatic rings. The Labute approximate surface area is 120 Å². The first-order valence-electron chi connectivity index (χ1n) is 6.01. The molecule has 4 nitrogen and oxygen atoms in total. The van der Waals surface area contributed by atoms with E-state index in [1.165, 1.54) is 12.1 Å². The van der Waals surface area contributed by atoms with E-state index in [0.29, 0.717) is 16.4 Å². The molecule has 1 aromatic heterocycles. The maximum Gasteiger partial charge on any atom is 0.272 e. The van der Waals surface area contributed by atoms with Crippen LogP contribution in [0.4, 0.5) is 5.69 Å². The first-order chi connectivity index (χ1) is 9.63. The third-order valence-corrected chi connectivity index (χ3v) is 3.29. The normalized spacial score (nSPS) is 10.7. The summed E-state index contributed by atoms with van der Waals surface area (Å²) < 4.78 is 0. The van der Waals surface area contributed by atoms with Crippen LogP contribution in [0.25, 0.3) is 10.9 Å². The molecule has 5 heteroatoms. The van der Waals surface area contributed by atoms with Crippen molar-refractivity contribution in [2.45, 2.75) is 0 Å². The number of hydrogen-bond donors (Lipinski definition) is 3. The van der Waals surface area contributed by atoms with Crippen molar-refractivity contribution in [1.29, 1.82) is 0 Å². The van der Waals surface area contributed by atoms with E-state index in [9.17, 15) is 9.90 Å². The summed E-state index contributed by atoms with van der Waals surface area (Å²) in [6.45, 7) is 0. The van der Waals surface area contributed by atoms with Crippen molar-refractivity contribution in [2.75, 3.05) is 5.32 Å². The third-order valence-electron chi connectivity index (χ3n) is 2.98. The van der Waals surface area contributed by atoms with E-state index in [-0.39, 0.29) is 11.7 Å². The minimum atomic E-state index is -0.261. The molecule has 0 radical (unpaired) electrons. The second-order valence-electron chi connectivity index (χ2n) is 4.39. The van der Waals surface area contributed by atoms with Gasteiger partial charge in [0.1, 0.15) is 11.4 Å². The summed E-state index contributed by atoms with van der Waals surface area (Å²) in [7, 11) is 0. The Bertz CT molecular complexity index is 778. The molecule has 0 saturated carbocycles. The largest absolute Gasteiger partial charge is 0.508 e. The van der Waals surface area contributed by atoms with Crippen LogP contribution in [0.2, 0.25) is 5.02 Å². The molecule has 0 aliphatic rings. The molecule has 0 aliphatic heterocycles. The van der Waals surface area contributed by atoms with E-state index in [2.05, 4.69) is 10.3 Å². The number of aromatic amines is 1. The Morgan fingerprint density at radius 3 is 2.60 bits per heavy atom.